The number of nitro benzene ring substituents is 1. The molecule has 0 radical (unpaired) electrons. The topological polar surface area (TPSA) is 71.8 Å². The molecule has 1 N–H and O–H groups in total. The minimum Gasteiger partial charge on any atom is -0.271 e. The molecule has 2 rings (SSSR count). The lowest BCUT2D eigenvalue weighted by atomic mass is 10.2. The minimum atomic E-state index is -0.650. The molecule has 0 aliphatic carbocycles. The first-order valence-electron chi connectivity index (χ1n) is 3.57. The quantitative estimate of drug-likeness (QED) is 0.499. The van der Waals surface area contributed by atoms with E-state index in [1.807, 2.05) is 22.6 Å². The van der Waals surface area contributed by atoms with Crippen LogP contribution in [0.5, 0.6) is 0 Å². The summed E-state index contributed by atoms with van der Waals surface area (Å²) < 4.78 is 13.5. The Kier molecular flexibility index (Phi) is 2.10. The molecule has 0 saturated carbocycles. The molecular weight excluding hydrogens is 304 g/mol. The third-order valence-electron chi connectivity index (χ3n) is 1.75. The molecule has 7 heteroatoms. The normalized spacial score (nSPS) is 10.7. The van der Waals surface area contributed by atoms with Crippen LogP contribution in [0.2, 0.25) is 0 Å². The SMILES string of the molecule is O=[N+]([O-])c1cc(F)cc2c(I)[nH]nc12. The van der Waals surface area contributed by atoms with E-state index in [0.29, 0.717) is 9.09 Å². The lowest BCUT2D eigenvalue weighted by Crippen LogP contribution is -1.90. The Morgan fingerprint density at radius 3 is 2.93 bits per heavy atom. The van der Waals surface area contributed by atoms with Crippen LogP contribution in [-0.4, -0.2) is 15.1 Å². The maximum absolute atomic E-state index is 13.0. The Labute approximate surface area is 90.6 Å². The number of halogens is 2. The van der Waals surface area contributed by atoms with Gasteiger partial charge in [0.1, 0.15) is 9.52 Å². The Bertz CT molecular complexity index is 525. The molecule has 2 aromatic rings. The van der Waals surface area contributed by atoms with E-state index in [9.17, 15) is 14.5 Å². The standard InChI is InChI=1S/C7H3FIN3O2/c8-3-1-4-6(10-11-7(4)9)5(2-3)12(13)14/h1-2H,(H,10,11). The van der Waals surface area contributed by atoms with Gasteiger partial charge in [0.05, 0.1) is 11.0 Å². The van der Waals surface area contributed by atoms with Gasteiger partial charge in [-0.15, -0.1) is 0 Å². The fourth-order valence-corrected chi connectivity index (χ4v) is 1.71. The molecule has 0 aliphatic rings. The van der Waals surface area contributed by atoms with Gasteiger partial charge in [-0.2, -0.15) is 5.10 Å². The molecule has 1 heterocycles. The van der Waals surface area contributed by atoms with Gasteiger partial charge >= 0.3 is 0 Å². The number of rotatable bonds is 1. The molecule has 14 heavy (non-hydrogen) atoms. The number of nitrogens with zero attached hydrogens (tertiary/aromatic N) is 2. The summed E-state index contributed by atoms with van der Waals surface area (Å²) in [6.45, 7) is 0. The molecule has 0 amide bonds. The van der Waals surface area contributed by atoms with E-state index in [1.54, 1.807) is 0 Å². The van der Waals surface area contributed by atoms with Gasteiger partial charge in [0, 0.05) is 5.39 Å². The zero-order valence-corrected chi connectivity index (χ0v) is 8.78. The maximum atomic E-state index is 13.0. The molecule has 0 bridgehead atoms. The lowest BCUT2D eigenvalue weighted by Gasteiger charge is -1.93. The van der Waals surface area contributed by atoms with Crippen molar-refractivity contribution in [2.45, 2.75) is 0 Å². The summed E-state index contributed by atoms with van der Waals surface area (Å²) in [6.07, 6.45) is 0. The monoisotopic (exact) mass is 307 g/mol. The first-order valence-corrected chi connectivity index (χ1v) is 4.65. The van der Waals surface area contributed by atoms with Gasteiger partial charge in [-0.25, -0.2) is 4.39 Å². The second-order valence-electron chi connectivity index (χ2n) is 2.62. The first-order chi connectivity index (χ1) is 6.59. The third kappa shape index (κ3) is 1.33. The average molecular weight is 307 g/mol. The molecular formula is C7H3FIN3O2. The number of nitro groups is 1. The third-order valence-corrected chi connectivity index (χ3v) is 2.58. The smallest absolute Gasteiger partial charge is 0.271 e. The summed E-state index contributed by atoms with van der Waals surface area (Å²) in [4.78, 5) is 9.91. The number of hydrogen-bond acceptors (Lipinski definition) is 3. The first kappa shape index (κ1) is 9.31. The van der Waals surface area contributed by atoms with Crippen molar-refractivity contribution >= 4 is 39.2 Å². The largest absolute Gasteiger partial charge is 0.300 e. The maximum Gasteiger partial charge on any atom is 0.300 e. The van der Waals surface area contributed by atoms with Gasteiger partial charge in [-0.1, -0.05) is 0 Å². The number of non-ortho nitro benzene ring substituents is 1. The van der Waals surface area contributed by atoms with Crippen molar-refractivity contribution in [1.82, 2.24) is 10.2 Å². The van der Waals surface area contributed by atoms with Crippen molar-refractivity contribution < 1.29 is 9.31 Å². The minimum absolute atomic E-state index is 0.181. The van der Waals surface area contributed by atoms with Crippen molar-refractivity contribution in [3.8, 4) is 0 Å². The fourth-order valence-electron chi connectivity index (χ4n) is 1.17. The average Bonchev–Trinajstić information content (AvgIpc) is 2.47. The number of fused-ring (bicyclic) bond motifs is 1. The van der Waals surface area contributed by atoms with Crippen molar-refractivity contribution in [2.75, 3.05) is 0 Å². The van der Waals surface area contributed by atoms with Gasteiger partial charge in [0.15, 0.2) is 5.52 Å². The summed E-state index contributed by atoms with van der Waals surface area (Å²) in [7, 11) is 0. The summed E-state index contributed by atoms with van der Waals surface area (Å²) in [5.74, 6) is -0.636. The molecule has 0 saturated heterocycles. The van der Waals surface area contributed by atoms with E-state index in [0.717, 1.165) is 6.07 Å². The van der Waals surface area contributed by atoms with Gasteiger partial charge < -0.3 is 0 Å². The number of hydrogen-bond donors (Lipinski definition) is 1. The van der Waals surface area contributed by atoms with Crippen LogP contribution >= 0.6 is 22.6 Å². The van der Waals surface area contributed by atoms with Crippen molar-refractivity contribution in [3.63, 3.8) is 0 Å². The van der Waals surface area contributed by atoms with Gasteiger partial charge in [-0.3, -0.25) is 15.2 Å². The molecule has 0 unspecified atom stereocenters. The summed E-state index contributed by atoms with van der Waals surface area (Å²) >= 11 is 1.90. The Hall–Kier alpha value is -1.25. The Morgan fingerprint density at radius 2 is 2.29 bits per heavy atom. The molecule has 0 fully saturated rings. The molecule has 5 nitrogen and oxygen atoms in total. The zero-order chi connectivity index (χ0) is 10.3. The second kappa shape index (κ2) is 3.15. The molecule has 1 aromatic heterocycles. The number of benzene rings is 1. The van der Waals surface area contributed by atoms with Crippen LogP contribution in [0.25, 0.3) is 10.9 Å². The highest BCUT2D eigenvalue weighted by atomic mass is 127. The molecule has 72 valence electrons. The van der Waals surface area contributed by atoms with Crippen molar-refractivity contribution in [1.29, 1.82) is 0 Å². The van der Waals surface area contributed by atoms with E-state index in [4.69, 9.17) is 0 Å². The Balaban J connectivity index is 2.88. The predicted molar refractivity (Wildman–Crippen MR) is 55.4 cm³/mol. The van der Waals surface area contributed by atoms with Crippen LogP contribution in [0.1, 0.15) is 0 Å². The second-order valence-corrected chi connectivity index (χ2v) is 3.69. The van der Waals surface area contributed by atoms with E-state index in [1.165, 1.54) is 6.07 Å². The molecule has 1 aromatic carbocycles. The molecule has 0 atom stereocenters. The van der Waals surface area contributed by atoms with Crippen LogP contribution in [0.3, 0.4) is 0 Å². The fraction of sp³-hybridized carbons (Fsp3) is 0. The number of aromatic nitrogens is 2. The van der Waals surface area contributed by atoms with E-state index in [2.05, 4.69) is 10.2 Å². The van der Waals surface area contributed by atoms with Gasteiger partial charge in [0.2, 0.25) is 0 Å². The van der Waals surface area contributed by atoms with Crippen LogP contribution in [-0.2, 0) is 0 Å². The molecule has 0 aliphatic heterocycles. The van der Waals surface area contributed by atoms with E-state index >= 15 is 0 Å². The number of aromatic amines is 1. The van der Waals surface area contributed by atoms with Crippen LogP contribution in [0.4, 0.5) is 10.1 Å². The van der Waals surface area contributed by atoms with Crippen LogP contribution < -0.4 is 0 Å². The summed E-state index contributed by atoms with van der Waals surface area (Å²) in [6, 6.07) is 2.08. The highest BCUT2D eigenvalue weighted by Gasteiger charge is 2.18. The lowest BCUT2D eigenvalue weighted by molar-refractivity contribution is -0.383. The predicted octanol–water partition coefficient (Wildman–Crippen LogP) is 2.21. The highest BCUT2D eigenvalue weighted by molar-refractivity contribution is 14.1. The van der Waals surface area contributed by atoms with Crippen molar-refractivity contribution in [2.24, 2.45) is 0 Å². The zero-order valence-electron chi connectivity index (χ0n) is 6.62. The Morgan fingerprint density at radius 1 is 1.57 bits per heavy atom. The van der Waals surface area contributed by atoms with Gasteiger partial charge in [0.25, 0.3) is 5.69 Å². The highest BCUT2D eigenvalue weighted by Crippen LogP contribution is 2.27. The van der Waals surface area contributed by atoms with E-state index in [-0.39, 0.29) is 11.2 Å². The van der Waals surface area contributed by atoms with E-state index < -0.39 is 10.7 Å². The summed E-state index contributed by atoms with van der Waals surface area (Å²) in [5.41, 5.74) is -0.139. The van der Waals surface area contributed by atoms with Crippen LogP contribution in [0, 0.1) is 19.6 Å². The van der Waals surface area contributed by atoms with Crippen LogP contribution in [0.15, 0.2) is 12.1 Å². The number of nitrogens with one attached hydrogen (secondary N) is 1. The summed E-state index contributed by atoms with van der Waals surface area (Å²) in [5, 5.41) is 17.3. The van der Waals surface area contributed by atoms with Crippen molar-refractivity contribution in [3.05, 3.63) is 31.8 Å². The molecule has 0 spiro atoms. The van der Waals surface area contributed by atoms with Gasteiger partial charge in [-0.05, 0) is 28.7 Å². The number of H-pyrrole nitrogens is 1.